The zero-order chi connectivity index (χ0) is 16.7. The van der Waals surface area contributed by atoms with Gasteiger partial charge in [0.2, 0.25) is 5.91 Å². The van der Waals surface area contributed by atoms with Crippen molar-refractivity contribution in [2.75, 3.05) is 32.1 Å². The van der Waals surface area contributed by atoms with Crippen LogP contribution in [-0.4, -0.2) is 37.6 Å². The molecule has 5 heteroatoms. The van der Waals surface area contributed by atoms with Crippen molar-refractivity contribution in [1.82, 2.24) is 4.90 Å². The van der Waals surface area contributed by atoms with E-state index in [0.717, 1.165) is 11.3 Å². The molecule has 0 saturated heterocycles. The van der Waals surface area contributed by atoms with E-state index in [9.17, 15) is 9.18 Å². The van der Waals surface area contributed by atoms with E-state index in [1.165, 1.54) is 12.1 Å². The number of rotatable bonds is 7. The van der Waals surface area contributed by atoms with Crippen molar-refractivity contribution in [3.63, 3.8) is 0 Å². The van der Waals surface area contributed by atoms with Gasteiger partial charge in [-0.1, -0.05) is 18.2 Å². The molecule has 23 heavy (non-hydrogen) atoms. The van der Waals surface area contributed by atoms with Crippen LogP contribution in [0.5, 0.6) is 5.75 Å². The van der Waals surface area contributed by atoms with Crippen LogP contribution < -0.4 is 10.1 Å². The van der Waals surface area contributed by atoms with Crippen molar-refractivity contribution >= 4 is 11.6 Å². The fourth-order valence-corrected chi connectivity index (χ4v) is 2.08. The summed E-state index contributed by atoms with van der Waals surface area (Å²) < 4.78 is 18.3. The smallest absolute Gasteiger partial charge is 0.238 e. The Kier molecular flexibility index (Phi) is 6.11. The summed E-state index contributed by atoms with van der Waals surface area (Å²) in [5.74, 6) is 0.259. The standard InChI is InChI=1S/C18H21FN2O2/c1-14-5-3-4-6-17(14)20-18(22)13-21(2)11-12-23-16-9-7-15(19)8-10-16/h3-10H,11-13H2,1-2H3,(H,20,22). The summed E-state index contributed by atoms with van der Waals surface area (Å²) in [5.41, 5.74) is 1.86. The van der Waals surface area contributed by atoms with Gasteiger partial charge in [0.1, 0.15) is 18.2 Å². The highest BCUT2D eigenvalue weighted by Gasteiger charge is 2.08. The predicted octanol–water partition coefficient (Wildman–Crippen LogP) is 3.08. The Bertz CT molecular complexity index is 644. The Morgan fingerprint density at radius 1 is 1.17 bits per heavy atom. The molecule has 0 saturated carbocycles. The van der Waals surface area contributed by atoms with Crippen molar-refractivity contribution in [2.45, 2.75) is 6.92 Å². The topological polar surface area (TPSA) is 41.6 Å². The summed E-state index contributed by atoms with van der Waals surface area (Å²) in [6.45, 7) is 3.26. The second-order valence-corrected chi connectivity index (χ2v) is 5.40. The summed E-state index contributed by atoms with van der Waals surface area (Å²) in [7, 11) is 1.85. The quantitative estimate of drug-likeness (QED) is 0.853. The molecule has 0 aliphatic rings. The van der Waals surface area contributed by atoms with Crippen LogP contribution in [0.3, 0.4) is 0 Å². The zero-order valence-electron chi connectivity index (χ0n) is 13.4. The third-order valence-electron chi connectivity index (χ3n) is 3.39. The molecule has 0 atom stereocenters. The van der Waals surface area contributed by atoms with Crippen LogP contribution in [0, 0.1) is 12.7 Å². The molecular weight excluding hydrogens is 295 g/mol. The molecule has 4 nitrogen and oxygen atoms in total. The lowest BCUT2D eigenvalue weighted by atomic mass is 10.2. The van der Waals surface area contributed by atoms with Gasteiger partial charge in [0.15, 0.2) is 0 Å². The van der Waals surface area contributed by atoms with Gasteiger partial charge >= 0.3 is 0 Å². The van der Waals surface area contributed by atoms with Gasteiger partial charge in [0, 0.05) is 12.2 Å². The van der Waals surface area contributed by atoms with Crippen LogP contribution in [0.25, 0.3) is 0 Å². The molecular formula is C18H21FN2O2. The van der Waals surface area contributed by atoms with Crippen LogP contribution >= 0.6 is 0 Å². The first-order valence-electron chi connectivity index (χ1n) is 7.47. The molecule has 2 aromatic rings. The highest BCUT2D eigenvalue weighted by atomic mass is 19.1. The lowest BCUT2D eigenvalue weighted by molar-refractivity contribution is -0.117. The van der Waals surface area contributed by atoms with Gasteiger partial charge < -0.3 is 10.1 Å². The summed E-state index contributed by atoms with van der Waals surface area (Å²) in [4.78, 5) is 13.9. The number of benzene rings is 2. The highest BCUT2D eigenvalue weighted by molar-refractivity contribution is 5.92. The van der Waals surface area contributed by atoms with Crippen molar-refractivity contribution in [2.24, 2.45) is 0 Å². The van der Waals surface area contributed by atoms with Crippen molar-refractivity contribution in [1.29, 1.82) is 0 Å². The second-order valence-electron chi connectivity index (χ2n) is 5.40. The Morgan fingerprint density at radius 2 is 1.87 bits per heavy atom. The maximum atomic E-state index is 12.8. The number of carbonyl (C=O) groups excluding carboxylic acids is 1. The van der Waals surface area contributed by atoms with Crippen LogP contribution in [0.1, 0.15) is 5.56 Å². The number of para-hydroxylation sites is 1. The fourth-order valence-electron chi connectivity index (χ4n) is 2.08. The van der Waals surface area contributed by atoms with E-state index < -0.39 is 0 Å². The largest absolute Gasteiger partial charge is 0.492 e. The van der Waals surface area contributed by atoms with Crippen LogP contribution in [-0.2, 0) is 4.79 Å². The van der Waals surface area contributed by atoms with Gasteiger partial charge in [0.25, 0.3) is 0 Å². The number of halogens is 1. The summed E-state index contributed by atoms with van der Waals surface area (Å²) in [6.07, 6.45) is 0. The van der Waals surface area contributed by atoms with E-state index in [2.05, 4.69) is 5.32 Å². The molecule has 0 bridgehead atoms. The van der Waals surface area contributed by atoms with E-state index in [-0.39, 0.29) is 18.3 Å². The van der Waals surface area contributed by atoms with Gasteiger partial charge in [-0.05, 0) is 49.9 Å². The minimum atomic E-state index is -0.289. The molecule has 1 N–H and O–H groups in total. The molecule has 0 unspecified atom stereocenters. The number of hydrogen-bond donors (Lipinski definition) is 1. The number of nitrogens with one attached hydrogen (secondary N) is 1. The fraction of sp³-hybridized carbons (Fsp3) is 0.278. The van der Waals surface area contributed by atoms with Crippen molar-refractivity contribution in [3.8, 4) is 5.75 Å². The molecule has 122 valence electrons. The number of hydrogen-bond acceptors (Lipinski definition) is 3. The molecule has 0 aliphatic heterocycles. The Labute approximate surface area is 135 Å². The number of carbonyl (C=O) groups is 1. The maximum Gasteiger partial charge on any atom is 0.238 e. The van der Waals surface area contributed by atoms with Gasteiger partial charge in [-0.3, -0.25) is 9.69 Å². The summed E-state index contributed by atoms with van der Waals surface area (Å²) in [5, 5.41) is 2.89. The number of nitrogens with zero attached hydrogens (tertiary/aromatic N) is 1. The maximum absolute atomic E-state index is 12.8. The molecule has 0 aromatic heterocycles. The van der Waals surface area contributed by atoms with E-state index in [0.29, 0.717) is 18.9 Å². The van der Waals surface area contributed by atoms with Crippen LogP contribution in [0.4, 0.5) is 10.1 Å². The normalized spacial score (nSPS) is 10.6. The Balaban J connectivity index is 1.71. The van der Waals surface area contributed by atoms with E-state index in [4.69, 9.17) is 4.74 Å². The summed E-state index contributed by atoms with van der Waals surface area (Å²) >= 11 is 0. The monoisotopic (exact) mass is 316 g/mol. The number of likely N-dealkylation sites (N-methyl/N-ethyl adjacent to an activating group) is 1. The van der Waals surface area contributed by atoms with Crippen LogP contribution in [0.15, 0.2) is 48.5 Å². The van der Waals surface area contributed by atoms with E-state index in [1.807, 2.05) is 43.1 Å². The SMILES string of the molecule is Cc1ccccc1NC(=O)CN(C)CCOc1ccc(F)cc1. The Hall–Kier alpha value is -2.40. The number of anilines is 1. The number of amides is 1. The molecule has 2 rings (SSSR count). The average Bonchev–Trinajstić information content (AvgIpc) is 2.51. The van der Waals surface area contributed by atoms with Crippen molar-refractivity contribution in [3.05, 3.63) is 59.9 Å². The number of ether oxygens (including phenoxy) is 1. The lowest BCUT2D eigenvalue weighted by Gasteiger charge is -2.17. The molecule has 0 heterocycles. The van der Waals surface area contributed by atoms with Gasteiger partial charge in [0.05, 0.1) is 6.54 Å². The van der Waals surface area contributed by atoms with Crippen molar-refractivity contribution < 1.29 is 13.9 Å². The van der Waals surface area contributed by atoms with Gasteiger partial charge in [-0.2, -0.15) is 0 Å². The highest BCUT2D eigenvalue weighted by Crippen LogP contribution is 2.13. The second kappa shape index (κ2) is 8.29. The zero-order valence-corrected chi connectivity index (χ0v) is 13.4. The first-order valence-corrected chi connectivity index (χ1v) is 7.47. The minimum Gasteiger partial charge on any atom is -0.492 e. The first kappa shape index (κ1) is 17.0. The van der Waals surface area contributed by atoms with E-state index in [1.54, 1.807) is 12.1 Å². The molecule has 0 spiro atoms. The van der Waals surface area contributed by atoms with E-state index >= 15 is 0 Å². The molecule has 2 aromatic carbocycles. The summed E-state index contributed by atoms with van der Waals surface area (Å²) in [6, 6.07) is 13.5. The number of aryl methyl sites for hydroxylation is 1. The predicted molar refractivity (Wildman–Crippen MR) is 89.2 cm³/mol. The molecule has 1 amide bonds. The van der Waals surface area contributed by atoms with Crippen LogP contribution in [0.2, 0.25) is 0 Å². The molecule has 0 aliphatic carbocycles. The lowest BCUT2D eigenvalue weighted by Crippen LogP contribution is -2.33. The molecule has 0 fully saturated rings. The minimum absolute atomic E-state index is 0.0661. The third-order valence-corrected chi connectivity index (χ3v) is 3.39. The van der Waals surface area contributed by atoms with Gasteiger partial charge in [-0.15, -0.1) is 0 Å². The first-order chi connectivity index (χ1) is 11.0. The molecule has 0 radical (unpaired) electrons. The average molecular weight is 316 g/mol. The Morgan fingerprint density at radius 3 is 2.57 bits per heavy atom. The third kappa shape index (κ3) is 5.71. The van der Waals surface area contributed by atoms with Gasteiger partial charge in [-0.25, -0.2) is 4.39 Å².